The van der Waals surface area contributed by atoms with E-state index in [-0.39, 0.29) is 17.5 Å². The topological polar surface area (TPSA) is 58.2 Å². The highest BCUT2D eigenvalue weighted by Gasteiger charge is 2.21. The lowest BCUT2D eigenvalue weighted by molar-refractivity contribution is -0.119. The number of rotatable bonds is 3. The minimum atomic E-state index is -0.572. The largest absolute Gasteiger partial charge is 0.352 e. The molecule has 4 nitrogen and oxygen atoms in total. The Labute approximate surface area is 112 Å². The van der Waals surface area contributed by atoms with Crippen LogP contribution in [0.4, 0.5) is 4.39 Å². The van der Waals surface area contributed by atoms with Crippen molar-refractivity contribution in [2.45, 2.75) is 18.9 Å². The lowest BCUT2D eigenvalue weighted by atomic mass is 10.2. The summed E-state index contributed by atoms with van der Waals surface area (Å²) >= 11 is 3.13. The van der Waals surface area contributed by atoms with Gasteiger partial charge in [0.1, 0.15) is 5.82 Å². The van der Waals surface area contributed by atoms with Crippen LogP contribution in [0.5, 0.6) is 0 Å². The molecule has 1 fully saturated rings. The van der Waals surface area contributed by atoms with E-state index in [1.807, 2.05) is 0 Å². The van der Waals surface area contributed by atoms with Gasteiger partial charge in [-0.3, -0.25) is 9.59 Å². The molecular weight excluding hydrogens is 303 g/mol. The van der Waals surface area contributed by atoms with Crippen LogP contribution in [0.2, 0.25) is 0 Å². The first kappa shape index (κ1) is 13.0. The predicted molar refractivity (Wildman–Crippen MR) is 67.6 cm³/mol. The molecule has 1 heterocycles. The molecular formula is C12H12BrFN2O2. The van der Waals surface area contributed by atoms with E-state index in [9.17, 15) is 14.0 Å². The van der Waals surface area contributed by atoms with E-state index >= 15 is 0 Å². The normalized spacial score (nSPS) is 18.6. The minimum Gasteiger partial charge on any atom is -0.352 e. The van der Waals surface area contributed by atoms with Crippen molar-refractivity contribution in [3.8, 4) is 0 Å². The Morgan fingerprint density at radius 2 is 2.33 bits per heavy atom. The summed E-state index contributed by atoms with van der Waals surface area (Å²) in [5.41, 5.74) is 0.00234. The van der Waals surface area contributed by atoms with Gasteiger partial charge in [0.05, 0.1) is 5.56 Å². The summed E-state index contributed by atoms with van der Waals surface area (Å²) in [4.78, 5) is 22.7. The van der Waals surface area contributed by atoms with Crippen molar-refractivity contribution in [1.82, 2.24) is 10.6 Å². The Balaban J connectivity index is 1.93. The molecule has 0 radical (unpaired) electrons. The molecule has 1 atom stereocenters. The van der Waals surface area contributed by atoms with Crippen LogP contribution >= 0.6 is 15.9 Å². The molecule has 18 heavy (non-hydrogen) atoms. The third-order valence-corrected chi connectivity index (χ3v) is 3.26. The summed E-state index contributed by atoms with van der Waals surface area (Å²) in [7, 11) is 0. The van der Waals surface area contributed by atoms with Gasteiger partial charge in [-0.1, -0.05) is 15.9 Å². The fourth-order valence-electron chi connectivity index (χ4n) is 1.82. The van der Waals surface area contributed by atoms with Crippen molar-refractivity contribution in [3.05, 3.63) is 34.1 Å². The van der Waals surface area contributed by atoms with Crippen LogP contribution in [-0.2, 0) is 4.79 Å². The quantitative estimate of drug-likeness (QED) is 0.890. The van der Waals surface area contributed by atoms with Gasteiger partial charge in [-0.05, 0) is 24.6 Å². The number of nitrogens with one attached hydrogen (secondary N) is 2. The molecule has 96 valence electrons. The summed E-state index contributed by atoms with van der Waals surface area (Å²) < 4.78 is 14.1. The van der Waals surface area contributed by atoms with Crippen molar-refractivity contribution in [3.63, 3.8) is 0 Å². The molecule has 1 saturated heterocycles. The van der Waals surface area contributed by atoms with Gasteiger partial charge >= 0.3 is 0 Å². The number of halogens is 2. The fraction of sp³-hybridized carbons (Fsp3) is 0.333. The zero-order chi connectivity index (χ0) is 13.1. The van der Waals surface area contributed by atoms with E-state index < -0.39 is 11.7 Å². The molecule has 1 aliphatic heterocycles. The highest BCUT2D eigenvalue weighted by atomic mass is 79.9. The standard InChI is InChI=1S/C12H12BrFN2O2/c13-7-1-3-9(10(14)5-7)12(18)15-6-8-2-4-11(17)16-8/h1,3,5,8H,2,4,6H2,(H,15,18)(H,16,17). The van der Waals surface area contributed by atoms with Crippen molar-refractivity contribution in [2.75, 3.05) is 6.54 Å². The molecule has 0 aromatic heterocycles. The lowest BCUT2D eigenvalue weighted by Crippen LogP contribution is -2.38. The van der Waals surface area contributed by atoms with Gasteiger partial charge in [-0.15, -0.1) is 0 Å². The van der Waals surface area contributed by atoms with Gasteiger partial charge in [-0.25, -0.2) is 4.39 Å². The number of hydrogen-bond acceptors (Lipinski definition) is 2. The van der Waals surface area contributed by atoms with Crippen molar-refractivity contribution >= 4 is 27.7 Å². The summed E-state index contributed by atoms with van der Waals surface area (Å²) in [6, 6.07) is 4.21. The minimum absolute atomic E-state index is 0.00234. The highest BCUT2D eigenvalue weighted by Crippen LogP contribution is 2.15. The van der Waals surface area contributed by atoms with E-state index in [0.29, 0.717) is 23.9 Å². The second-order valence-electron chi connectivity index (χ2n) is 4.14. The van der Waals surface area contributed by atoms with Crippen molar-refractivity contribution in [2.24, 2.45) is 0 Å². The van der Waals surface area contributed by atoms with E-state index in [0.717, 1.165) is 0 Å². The van der Waals surface area contributed by atoms with E-state index in [1.165, 1.54) is 12.1 Å². The van der Waals surface area contributed by atoms with Crippen molar-refractivity contribution in [1.29, 1.82) is 0 Å². The predicted octanol–water partition coefficient (Wildman–Crippen LogP) is 1.60. The molecule has 1 aliphatic rings. The van der Waals surface area contributed by atoms with Crippen LogP contribution in [0.3, 0.4) is 0 Å². The summed E-state index contributed by atoms with van der Waals surface area (Å²) in [6.07, 6.45) is 1.18. The molecule has 1 aromatic rings. The SMILES string of the molecule is O=C1CCC(CNC(=O)c2ccc(Br)cc2F)N1. The third kappa shape index (κ3) is 3.07. The first-order valence-electron chi connectivity index (χ1n) is 5.59. The van der Waals surface area contributed by atoms with Crippen LogP contribution in [0.15, 0.2) is 22.7 Å². The molecule has 0 aliphatic carbocycles. The molecule has 2 rings (SSSR count). The summed E-state index contributed by atoms with van der Waals surface area (Å²) in [5.74, 6) is -1.05. The molecule has 2 amide bonds. The lowest BCUT2D eigenvalue weighted by Gasteiger charge is -2.11. The van der Waals surface area contributed by atoms with Gasteiger partial charge in [0.15, 0.2) is 0 Å². The zero-order valence-corrected chi connectivity index (χ0v) is 11.1. The zero-order valence-electron chi connectivity index (χ0n) is 9.50. The Kier molecular flexibility index (Phi) is 3.96. The van der Waals surface area contributed by atoms with Crippen molar-refractivity contribution < 1.29 is 14.0 Å². The highest BCUT2D eigenvalue weighted by molar-refractivity contribution is 9.10. The van der Waals surface area contributed by atoms with Crippen LogP contribution in [0, 0.1) is 5.82 Å². The average molecular weight is 315 g/mol. The van der Waals surface area contributed by atoms with Crippen LogP contribution in [0.1, 0.15) is 23.2 Å². The first-order chi connectivity index (χ1) is 8.56. The number of carbonyl (C=O) groups is 2. The summed E-state index contributed by atoms with van der Waals surface area (Å²) in [5, 5.41) is 5.34. The number of amides is 2. The van der Waals surface area contributed by atoms with E-state index in [4.69, 9.17) is 0 Å². The van der Waals surface area contributed by atoms with Crippen LogP contribution in [-0.4, -0.2) is 24.4 Å². The maximum Gasteiger partial charge on any atom is 0.254 e. The van der Waals surface area contributed by atoms with Gasteiger partial charge < -0.3 is 10.6 Å². The second kappa shape index (κ2) is 5.48. The Morgan fingerprint density at radius 3 is 2.94 bits per heavy atom. The smallest absolute Gasteiger partial charge is 0.254 e. The van der Waals surface area contributed by atoms with E-state index in [2.05, 4.69) is 26.6 Å². The number of benzene rings is 1. The molecule has 1 aromatic carbocycles. The monoisotopic (exact) mass is 314 g/mol. The van der Waals surface area contributed by atoms with Gasteiger partial charge in [-0.2, -0.15) is 0 Å². The average Bonchev–Trinajstić information content (AvgIpc) is 2.72. The molecule has 1 unspecified atom stereocenters. The second-order valence-corrected chi connectivity index (χ2v) is 5.05. The Bertz CT molecular complexity index is 493. The maximum atomic E-state index is 13.5. The summed E-state index contributed by atoms with van der Waals surface area (Å²) in [6.45, 7) is 0.320. The molecule has 0 spiro atoms. The van der Waals surface area contributed by atoms with Gasteiger partial charge in [0.25, 0.3) is 5.91 Å². The fourth-order valence-corrected chi connectivity index (χ4v) is 2.15. The molecule has 6 heteroatoms. The third-order valence-electron chi connectivity index (χ3n) is 2.77. The first-order valence-corrected chi connectivity index (χ1v) is 6.38. The maximum absolute atomic E-state index is 13.5. The molecule has 0 saturated carbocycles. The number of hydrogen-bond donors (Lipinski definition) is 2. The Morgan fingerprint density at radius 1 is 1.56 bits per heavy atom. The van der Waals surface area contributed by atoms with Gasteiger partial charge in [0, 0.05) is 23.5 Å². The van der Waals surface area contributed by atoms with E-state index in [1.54, 1.807) is 6.07 Å². The van der Waals surface area contributed by atoms with Crippen LogP contribution in [0.25, 0.3) is 0 Å². The molecule has 0 bridgehead atoms. The number of carbonyl (C=O) groups excluding carboxylic acids is 2. The Hall–Kier alpha value is -1.43. The van der Waals surface area contributed by atoms with Crippen LogP contribution < -0.4 is 10.6 Å². The molecule has 2 N–H and O–H groups in total. The van der Waals surface area contributed by atoms with Gasteiger partial charge in [0.2, 0.25) is 5.91 Å².